The highest BCUT2D eigenvalue weighted by molar-refractivity contribution is 5.69. The number of esters is 2. The fourth-order valence-electron chi connectivity index (χ4n) is 2.60. The third kappa shape index (κ3) is 14.5. The Balaban J connectivity index is 3.85. The van der Waals surface area contributed by atoms with E-state index in [1.807, 2.05) is 0 Å². The van der Waals surface area contributed by atoms with Crippen molar-refractivity contribution < 1.29 is 19.1 Å². The van der Waals surface area contributed by atoms with Gasteiger partial charge in [0, 0.05) is 19.3 Å². The molecular weight excluding hydrogens is 304 g/mol. The Morgan fingerprint density at radius 1 is 0.708 bits per heavy atom. The molecule has 0 aliphatic rings. The summed E-state index contributed by atoms with van der Waals surface area (Å²) in [6.45, 7) is 6.72. The number of hydrogen-bond donors (Lipinski definition) is 0. The van der Waals surface area contributed by atoms with Crippen LogP contribution in [0.1, 0.15) is 104 Å². The predicted molar refractivity (Wildman–Crippen MR) is 97.9 cm³/mol. The van der Waals surface area contributed by atoms with E-state index in [2.05, 4.69) is 20.8 Å². The van der Waals surface area contributed by atoms with Gasteiger partial charge in [-0.25, -0.2) is 0 Å². The van der Waals surface area contributed by atoms with E-state index in [9.17, 15) is 9.59 Å². The average Bonchev–Trinajstić information content (AvgIpc) is 2.56. The lowest BCUT2D eigenvalue weighted by Gasteiger charge is -2.17. The van der Waals surface area contributed by atoms with E-state index in [1.165, 1.54) is 12.8 Å². The molecule has 0 aromatic carbocycles. The highest BCUT2D eigenvalue weighted by atomic mass is 16.6. The van der Waals surface area contributed by atoms with Crippen molar-refractivity contribution in [3.05, 3.63) is 0 Å². The summed E-state index contributed by atoms with van der Waals surface area (Å²) in [5.41, 5.74) is 0. The molecular formula is C20H38O4. The first kappa shape index (κ1) is 22.9. The van der Waals surface area contributed by atoms with Gasteiger partial charge in [0.1, 0.15) is 6.10 Å². The van der Waals surface area contributed by atoms with Gasteiger partial charge >= 0.3 is 11.9 Å². The van der Waals surface area contributed by atoms with Gasteiger partial charge in [0.2, 0.25) is 0 Å². The molecule has 24 heavy (non-hydrogen) atoms. The smallest absolute Gasteiger partial charge is 0.306 e. The number of hydrogen-bond acceptors (Lipinski definition) is 4. The third-order valence-corrected chi connectivity index (χ3v) is 4.08. The van der Waals surface area contributed by atoms with Gasteiger partial charge in [0.05, 0.1) is 6.61 Å². The van der Waals surface area contributed by atoms with Gasteiger partial charge in [0.15, 0.2) is 0 Å². The molecule has 142 valence electrons. The first-order valence-electron chi connectivity index (χ1n) is 9.99. The molecule has 0 amide bonds. The summed E-state index contributed by atoms with van der Waals surface area (Å²) in [7, 11) is 0. The minimum atomic E-state index is -0.132. The average molecular weight is 343 g/mol. The Kier molecular flexibility index (Phi) is 16.0. The fraction of sp³-hybridized carbons (Fsp3) is 0.900. The largest absolute Gasteiger partial charge is 0.466 e. The maximum absolute atomic E-state index is 11.9. The van der Waals surface area contributed by atoms with Crippen LogP contribution in [0.25, 0.3) is 0 Å². The Morgan fingerprint density at radius 3 is 1.83 bits per heavy atom. The molecule has 0 aromatic rings. The number of carbonyl (C=O) groups is 2. The van der Waals surface area contributed by atoms with Crippen molar-refractivity contribution in [1.29, 1.82) is 0 Å². The zero-order valence-electron chi connectivity index (χ0n) is 16.1. The van der Waals surface area contributed by atoms with Crippen molar-refractivity contribution in [2.45, 2.75) is 110 Å². The van der Waals surface area contributed by atoms with E-state index >= 15 is 0 Å². The van der Waals surface area contributed by atoms with Gasteiger partial charge in [-0.3, -0.25) is 9.59 Å². The van der Waals surface area contributed by atoms with Crippen LogP contribution in [0.15, 0.2) is 0 Å². The minimum absolute atomic E-state index is 0.115. The molecule has 0 aliphatic heterocycles. The fourth-order valence-corrected chi connectivity index (χ4v) is 2.60. The summed E-state index contributed by atoms with van der Waals surface area (Å²) in [5, 5.41) is 0. The Hall–Kier alpha value is -1.06. The van der Waals surface area contributed by atoms with Crippen molar-refractivity contribution in [1.82, 2.24) is 0 Å². The van der Waals surface area contributed by atoms with Crippen molar-refractivity contribution >= 4 is 11.9 Å². The molecule has 0 aromatic heterocycles. The van der Waals surface area contributed by atoms with Gasteiger partial charge < -0.3 is 9.47 Å². The molecule has 0 radical (unpaired) electrons. The highest BCUT2D eigenvalue weighted by Gasteiger charge is 2.14. The van der Waals surface area contributed by atoms with Gasteiger partial charge in [-0.1, -0.05) is 65.7 Å². The molecule has 1 unspecified atom stereocenters. The normalized spacial score (nSPS) is 12.0. The van der Waals surface area contributed by atoms with E-state index in [0.717, 1.165) is 51.4 Å². The van der Waals surface area contributed by atoms with E-state index in [1.54, 1.807) is 0 Å². The summed E-state index contributed by atoms with van der Waals surface area (Å²) in [4.78, 5) is 23.5. The second kappa shape index (κ2) is 16.8. The van der Waals surface area contributed by atoms with Crippen molar-refractivity contribution in [2.24, 2.45) is 0 Å². The molecule has 0 aliphatic carbocycles. The Labute approximate surface area is 148 Å². The van der Waals surface area contributed by atoms with Crippen LogP contribution in [0.5, 0.6) is 0 Å². The van der Waals surface area contributed by atoms with Crippen molar-refractivity contribution in [3.63, 3.8) is 0 Å². The van der Waals surface area contributed by atoms with Crippen LogP contribution in [0.3, 0.4) is 0 Å². The second-order valence-electron chi connectivity index (χ2n) is 6.53. The first-order valence-corrected chi connectivity index (χ1v) is 9.99. The molecule has 0 saturated carbocycles. The molecule has 4 nitrogen and oxygen atoms in total. The lowest BCUT2D eigenvalue weighted by atomic mass is 10.1. The van der Waals surface area contributed by atoms with E-state index in [-0.39, 0.29) is 18.0 Å². The third-order valence-electron chi connectivity index (χ3n) is 4.08. The molecule has 0 heterocycles. The number of rotatable bonds is 16. The maximum atomic E-state index is 11.9. The second-order valence-corrected chi connectivity index (χ2v) is 6.53. The number of ether oxygens (including phenoxy) is 2. The van der Waals surface area contributed by atoms with Crippen LogP contribution in [-0.4, -0.2) is 24.6 Å². The maximum Gasteiger partial charge on any atom is 0.306 e. The summed E-state index contributed by atoms with van der Waals surface area (Å²) in [5.74, 6) is -0.248. The van der Waals surface area contributed by atoms with Gasteiger partial charge in [-0.15, -0.1) is 0 Å². The van der Waals surface area contributed by atoms with Crippen molar-refractivity contribution in [2.75, 3.05) is 6.61 Å². The van der Waals surface area contributed by atoms with Gasteiger partial charge in [-0.05, 0) is 19.3 Å². The van der Waals surface area contributed by atoms with Crippen LogP contribution in [0, 0.1) is 0 Å². The van der Waals surface area contributed by atoms with Crippen LogP contribution in [-0.2, 0) is 19.1 Å². The zero-order valence-corrected chi connectivity index (χ0v) is 16.1. The SMILES string of the molecule is CCCCCCC(=O)OCCC(CCC)OC(=O)CCCCCC. The van der Waals surface area contributed by atoms with E-state index in [0.29, 0.717) is 25.9 Å². The van der Waals surface area contributed by atoms with Gasteiger partial charge in [-0.2, -0.15) is 0 Å². The predicted octanol–water partition coefficient (Wildman–Crippen LogP) is 5.57. The van der Waals surface area contributed by atoms with Crippen LogP contribution in [0.2, 0.25) is 0 Å². The highest BCUT2D eigenvalue weighted by Crippen LogP contribution is 2.11. The summed E-state index contributed by atoms with van der Waals surface area (Å²) < 4.78 is 10.8. The molecule has 0 saturated heterocycles. The topological polar surface area (TPSA) is 52.6 Å². The van der Waals surface area contributed by atoms with Gasteiger partial charge in [0.25, 0.3) is 0 Å². The molecule has 0 bridgehead atoms. The Morgan fingerprint density at radius 2 is 1.29 bits per heavy atom. The standard InChI is InChI=1S/C20H38O4/c1-4-7-9-11-14-19(21)23-17-16-18(13-6-3)24-20(22)15-12-10-8-5-2/h18H,4-17H2,1-3H3. The Bertz CT molecular complexity index is 315. The van der Waals surface area contributed by atoms with Crippen molar-refractivity contribution in [3.8, 4) is 0 Å². The lowest BCUT2D eigenvalue weighted by Crippen LogP contribution is -2.21. The molecule has 0 rings (SSSR count). The molecule has 4 heteroatoms. The minimum Gasteiger partial charge on any atom is -0.466 e. The first-order chi connectivity index (χ1) is 11.6. The zero-order chi connectivity index (χ0) is 18.0. The molecule has 0 spiro atoms. The quantitative estimate of drug-likeness (QED) is 0.272. The molecule has 1 atom stereocenters. The van der Waals surface area contributed by atoms with Crippen LogP contribution < -0.4 is 0 Å². The lowest BCUT2D eigenvalue weighted by molar-refractivity contribution is -0.151. The van der Waals surface area contributed by atoms with Crippen LogP contribution >= 0.6 is 0 Å². The number of unbranched alkanes of at least 4 members (excludes halogenated alkanes) is 6. The molecule has 0 fully saturated rings. The summed E-state index contributed by atoms with van der Waals surface area (Å²) >= 11 is 0. The monoisotopic (exact) mass is 342 g/mol. The summed E-state index contributed by atoms with van der Waals surface area (Å²) in [6, 6.07) is 0. The number of carbonyl (C=O) groups excluding carboxylic acids is 2. The molecule has 0 N–H and O–H groups in total. The van der Waals surface area contributed by atoms with E-state index in [4.69, 9.17) is 9.47 Å². The van der Waals surface area contributed by atoms with Crippen LogP contribution in [0.4, 0.5) is 0 Å². The summed E-state index contributed by atoms with van der Waals surface area (Å²) in [6.07, 6.45) is 11.9. The van der Waals surface area contributed by atoms with E-state index < -0.39 is 0 Å².